The highest BCUT2D eigenvalue weighted by Gasteiger charge is 2.32. The first-order valence-corrected chi connectivity index (χ1v) is 9.20. The van der Waals surface area contributed by atoms with Crippen molar-refractivity contribution in [1.82, 2.24) is 14.1 Å². The van der Waals surface area contributed by atoms with Crippen LogP contribution in [0.1, 0.15) is 20.3 Å². The normalized spacial score (nSPS) is 24.9. The molecule has 1 aromatic rings. The van der Waals surface area contributed by atoms with E-state index in [-0.39, 0.29) is 4.90 Å². The van der Waals surface area contributed by atoms with Crippen molar-refractivity contribution < 1.29 is 8.42 Å². The number of aromatic nitrogens is 2. The minimum atomic E-state index is -3.43. The Hall–Kier alpha value is -0.570. The van der Waals surface area contributed by atoms with E-state index in [2.05, 4.69) is 18.9 Å². The van der Waals surface area contributed by atoms with Gasteiger partial charge in [-0.15, -0.1) is 0 Å². The lowest BCUT2D eigenvalue weighted by Gasteiger charge is -2.33. The lowest BCUT2D eigenvalue weighted by Crippen LogP contribution is -2.43. The van der Waals surface area contributed by atoms with Crippen molar-refractivity contribution in [3.63, 3.8) is 0 Å². The lowest BCUT2D eigenvalue weighted by atomic mass is 10.4. The highest BCUT2D eigenvalue weighted by Crippen LogP contribution is 2.28. The van der Waals surface area contributed by atoms with Crippen molar-refractivity contribution in [3.05, 3.63) is 12.4 Å². The fourth-order valence-corrected chi connectivity index (χ4v) is 5.42. The van der Waals surface area contributed by atoms with Gasteiger partial charge in [0.15, 0.2) is 0 Å². The molecule has 1 aliphatic heterocycles. The predicted octanol–water partition coefficient (Wildman–Crippen LogP) is 0.746. The van der Waals surface area contributed by atoms with Crippen molar-refractivity contribution in [2.24, 2.45) is 5.73 Å². The van der Waals surface area contributed by atoms with Crippen LogP contribution in [0.15, 0.2) is 17.3 Å². The summed E-state index contributed by atoms with van der Waals surface area (Å²) in [5, 5.41) is 4.74. The summed E-state index contributed by atoms with van der Waals surface area (Å²) in [6.45, 7) is 6.46. The van der Waals surface area contributed by atoms with E-state index in [1.807, 2.05) is 11.8 Å². The SMILES string of the molecule is CC1CN(S(=O)(=O)c2cnn(CCCN)c2)CC(C)S1. The molecule has 114 valence electrons. The third-order valence-corrected chi connectivity index (χ3v) is 6.24. The lowest BCUT2D eigenvalue weighted by molar-refractivity contribution is 0.404. The summed E-state index contributed by atoms with van der Waals surface area (Å²) in [6, 6.07) is 0. The first kappa shape index (κ1) is 15.8. The average molecular weight is 318 g/mol. The van der Waals surface area contributed by atoms with Crippen molar-refractivity contribution in [3.8, 4) is 0 Å². The Morgan fingerprint density at radius 3 is 2.65 bits per heavy atom. The number of rotatable bonds is 5. The van der Waals surface area contributed by atoms with E-state index in [0.29, 0.717) is 36.7 Å². The molecule has 2 atom stereocenters. The van der Waals surface area contributed by atoms with Crippen molar-refractivity contribution in [1.29, 1.82) is 0 Å². The maximum atomic E-state index is 12.6. The minimum Gasteiger partial charge on any atom is -0.330 e. The molecular weight excluding hydrogens is 296 g/mol. The number of hydrogen-bond donors (Lipinski definition) is 1. The summed E-state index contributed by atoms with van der Waals surface area (Å²) in [7, 11) is -3.43. The van der Waals surface area contributed by atoms with Crippen LogP contribution in [0.4, 0.5) is 0 Å². The van der Waals surface area contributed by atoms with E-state index in [0.717, 1.165) is 6.42 Å². The van der Waals surface area contributed by atoms with Gasteiger partial charge >= 0.3 is 0 Å². The molecule has 1 aromatic heterocycles. The predicted molar refractivity (Wildman–Crippen MR) is 81.2 cm³/mol. The van der Waals surface area contributed by atoms with Gasteiger partial charge in [0, 0.05) is 36.3 Å². The fraction of sp³-hybridized carbons (Fsp3) is 0.750. The Kier molecular flexibility index (Phi) is 5.11. The van der Waals surface area contributed by atoms with Crippen LogP contribution in [0.2, 0.25) is 0 Å². The smallest absolute Gasteiger partial charge is 0.246 e. The molecule has 1 fully saturated rings. The summed E-state index contributed by atoms with van der Waals surface area (Å²) in [6.07, 6.45) is 3.82. The maximum Gasteiger partial charge on any atom is 0.246 e. The van der Waals surface area contributed by atoms with E-state index in [4.69, 9.17) is 5.73 Å². The quantitative estimate of drug-likeness (QED) is 0.866. The van der Waals surface area contributed by atoms with Gasteiger partial charge in [-0.05, 0) is 13.0 Å². The maximum absolute atomic E-state index is 12.6. The van der Waals surface area contributed by atoms with E-state index in [1.54, 1.807) is 15.2 Å². The third-order valence-electron chi connectivity index (χ3n) is 3.22. The number of nitrogens with two attached hydrogens (primary N) is 1. The minimum absolute atomic E-state index is 0.279. The second kappa shape index (κ2) is 6.46. The molecule has 0 saturated carbocycles. The second-order valence-corrected chi connectivity index (χ2v) is 8.98. The van der Waals surface area contributed by atoms with E-state index < -0.39 is 10.0 Å². The van der Waals surface area contributed by atoms with Crippen LogP contribution in [0.5, 0.6) is 0 Å². The van der Waals surface area contributed by atoms with Crippen LogP contribution < -0.4 is 5.73 Å². The molecular formula is C12H22N4O2S2. The first-order valence-electron chi connectivity index (χ1n) is 6.81. The molecule has 2 unspecified atom stereocenters. The summed E-state index contributed by atoms with van der Waals surface area (Å²) < 4.78 is 28.4. The van der Waals surface area contributed by atoms with Gasteiger partial charge in [-0.25, -0.2) is 8.42 Å². The van der Waals surface area contributed by atoms with Gasteiger partial charge in [0.25, 0.3) is 0 Å². The van der Waals surface area contributed by atoms with Gasteiger partial charge in [-0.3, -0.25) is 4.68 Å². The molecule has 2 heterocycles. The van der Waals surface area contributed by atoms with Crippen LogP contribution in [0, 0.1) is 0 Å². The molecule has 20 heavy (non-hydrogen) atoms. The van der Waals surface area contributed by atoms with Gasteiger partial charge < -0.3 is 5.73 Å². The van der Waals surface area contributed by atoms with Gasteiger partial charge in [-0.2, -0.15) is 21.2 Å². The highest BCUT2D eigenvalue weighted by atomic mass is 32.2. The van der Waals surface area contributed by atoms with Gasteiger partial charge in [0.05, 0.1) is 6.20 Å². The molecule has 0 aliphatic carbocycles. The fourth-order valence-electron chi connectivity index (χ4n) is 2.33. The van der Waals surface area contributed by atoms with Gasteiger partial charge in [-0.1, -0.05) is 13.8 Å². The number of sulfonamides is 1. The molecule has 6 nitrogen and oxygen atoms in total. The van der Waals surface area contributed by atoms with Crippen LogP contribution in [-0.2, 0) is 16.6 Å². The zero-order valence-electron chi connectivity index (χ0n) is 11.9. The topological polar surface area (TPSA) is 81.2 Å². The monoisotopic (exact) mass is 318 g/mol. The van der Waals surface area contributed by atoms with Crippen LogP contribution >= 0.6 is 11.8 Å². The highest BCUT2D eigenvalue weighted by molar-refractivity contribution is 8.00. The van der Waals surface area contributed by atoms with E-state index in [1.165, 1.54) is 6.20 Å². The van der Waals surface area contributed by atoms with Crippen LogP contribution in [0.25, 0.3) is 0 Å². The van der Waals surface area contributed by atoms with Crippen molar-refractivity contribution in [2.75, 3.05) is 19.6 Å². The van der Waals surface area contributed by atoms with Crippen LogP contribution in [0.3, 0.4) is 0 Å². The van der Waals surface area contributed by atoms with E-state index >= 15 is 0 Å². The Bertz CT molecular complexity index is 533. The summed E-state index contributed by atoms with van der Waals surface area (Å²) in [5.41, 5.74) is 5.45. The third kappa shape index (κ3) is 3.55. The standard InChI is InChI=1S/C12H22N4O2S2/c1-10-7-16(8-11(2)19-10)20(17,18)12-6-14-15(9-12)5-3-4-13/h6,9-11H,3-5,7-8,13H2,1-2H3. The summed E-state index contributed by atoms with van der Waals surface area (Å²) in [4.78, 5) is 0.279. The molecule has 8 heteroatoms. The average Bonchev–Trinajstić information content (AvgIpc) is 2.84. The Balaban J connectivity index is 2.15. The number of aryl methyl sites for hydroxylation is 1. The molecule has 0 amide bonds. The molecule has 0 spiro atoms. The summed E-state index contributed by atoms with van der Waals surface area (Å²) in [5.74, 6) is 0. The number of nitrogens with zero attached hydrogens (tertiary/aromatic N) is 3. The van der Waals surface area contributed by atoms with Gasteiger partial charge in [0.1, 0.15) is 4.90 Å². The number of hydrogen-bond acceptors (Lipinski definition) is 5. The Labute approximate surface area is 124 Å². The Morgan fingerprint density at radius 2 is 2.05 bits per heavy atom. The molecule has 0 radical (unpaired) electrons. The summed E-state index contributed by atoms with van der Waals surface area (Å²) >= 11 is 1.83. The van der Waals surface area contributed by atoms with Crippen molar-refractivity contribution >= 4 is 21.8 Å². The zero-order valence-corrected chi connectivity index (χ0v) is 13.5. The molecule has 2 N–H and O–H groups in total. The zero-order chi connectivity index (χ0) is 14.8. The van der Waals surface area contributed by atoms with Crippen LogP contribution in [-0.4, -0.2) is 52.6 Å². The molecule has 1 saturated heterocycles. The molecule has 0 aromatic carbocycles. The molecule has 0 bridgehead atoms. The molecule has 1 aliphatic rings. The first-order chi connectivity index (χ1) is 9.43. The second-order valence-electron chi connectivity index (χ2n) is 5.16. The van der Waals surface area contributed by atoms with Crippen molar-refractivity contribution in [2.45, 2.75) is 42.2 Å². The largest absolute Gasteiger partial charge is 0.330 e. The molecule has 2 rings (SSSR count). The van der Waals surface area contributed by atoms with E-state index in [9.17, 15) is 8.42 Å². The van der Waals surface area contributed by atoms with Gasteiger partial charge in [0.2, 0.25) is 10.0 Å². The Morgan fingerprint density at radius 1 is 1.40 bits per heavy atom. The number of thioether (sulfide) groups is 1.